The van der Waals surface area contributed by atoms with Crippen LogP contribution in [-0.2, 0) is 0 Å². The molecule has 128 valence electrons. The van der Waals surface area contributed by atoms with Crippen LogP contribution in [0.15, 0.2) is 18.2 Å². The number of piperazine rings is 1. The van der Waals surface area contributed by atoms with Gasteiger partial charge in [0.1, 0.15) is 11.6 Å². The average Bonchev–Trinajstić information content (AvgIpc) is 2.57. The molecule has 23 heavy (non-hydrogen) atoms. The van der Waals surface area contributed by atoms with Gasteiger partial charge in [-0.3, -0.25) is 9.80 Å². The Morgan fingerprint density at radius 3 is 2.52 bits per heavy atom. The standard InChI is InChI=1S/C18H27F2N3/c1-14-4-8-23(9-5-14)18(13-22-10-6-21-7-11-22)16-12-15(19)2-3-17(16)20/h2-3,12,14,18,21H,4-11,13H2,1H3. The normalized spacial score (nSPS) is 23.1. The maximum Gasteiger partial charge on any atom is 0.128 e. The van der Waals surface area contributed by atoms with Gasteiger partial charge < -0.3 is 5.32 Å². The summed E-state index contributed by atoms with van der Waals surface area (Å²) < 4.78 is 28.1. The van der Waals surface area contributed by atoms with E-state index in [2.05, 4.69) is 22.0 Å². The maximum atomic E-state index is 14.4. The largest absolute Gasteiger partial charge is 0.314 e. The minimum Gasteiger partial charge on any atom is -0.314 e. The van der Waals surface area contributed by atoms with E-state index in [1.54, 1.807) is 0 Å². The van der Waals surface area contributed by atoms with Crippen LogP contribution in [0, 0.1) is 17.6 Å². The van der Waals surface area contributed by atoms with Crippen molar-refractivity contribution in [3.8, 4) is 0 Å². The molecule has 0 radical (unpaired) electrons. The molecule has 3 nitrogen and oxygen atoms in total. The van der Waals surface area contributed by atoms with E-state index in [-0.39, 0.29) is 17.7 Å². The van der Waals surface area contributed by atoms with Crippen LogP contribution >= 0.6 is 0 Å². The molecule has 0 bridgehead atoms. The van der Waals surface area contributed by atoms with Gasteiger partial charge in [-0.2, -0.15) is 0 Å². The van der Waals surface area contributed by atoms with E-state index in [0.717, 1.165) is 64.6 Å². The van der Waals surface area contributed by atoms with Crippen LogP contribution in [0.2, 0.25) is 0 Å². The van der Waals surface area contributed by atoms with E-state index in [4.69, 9.17) is 0 Å². The maximum absolute atomic E-state index is 14.4. The van der Waals surface area contributed by atoms with E-state index >= 15 is 0 Å². The van der Waals surface area contributed by atoms with Crippen molar-refractivity contribution in [2.75, 3.05) is 45.8 Å². The average molecular weight is 323 g/mol. The minimum atomic E-state index is -0.350. The summed E-state index contributed by atoms with van der Waals surface area (Å²) in [5.41, 5.74) is 0.512. The second-order valence-electron chi connectivity index (χ2n) is 6.95. The fourth-order valence-corrected chi connectivity index (χ4v) is 3.66. The van der Waals surface area contributed by atoms with Gasteiger partial charge in [0.2, 0.25) is 0 Å². The molecule has 1 N–H and O–H groups in total. The van der Waals surface area contributed by atoms with E-state index < -0.39 is 0 Å². The van der Waals surface area contributed by atoms with Crippen molar-refractivity contribution in [1.29, 1.82) is 0 Å². The molecular weight excluding hydrogens is 296 g/mol. The minimum absolute atomic E-state index is 0.0590. The highest BCUT2D eigenvalue weighted by Gasteiger charge is 2.29. The van der Waals surface area contributed by atoms with Gasteiger partial charge in [0.05, 0.1) is 6.04 Å². The van der Waals surface area contributed by atoms with Gasteiger partial charge in [0.25, 0.3) is 0 Å². The van der Waals surface area contributed by atoms with Crippen LogP contribution in [0.3, 0.4) is 0 Å². The Kier molecular flexibility index (Phi) is 5.62. The number of piperidine rings is 1. The lowest BCUT2D eigenvalue weighted by molar-refractivity contribution is 0.0947. The van der Waals surface area contributed by atoms with Crippen molar-refractivity contribution in [2.24, 2.45) is 5.92 Å². The Morgan fingerprint density at radius 2 is 1.83 bits per heavy atom. The third-order valence-corrected chi connectivity index (χ3v) is 5.22. The summed E-state index contributed by atoms with van der Waals surface area (Å²) in [4.78, 5) is 4.71. The Hall–Kier alpha value is -1.04. The molecule has 1 aromatic carbocycles. The third-order valence-electron chi connectivity index (χ3n) is 5.22. The molecule has 0 saturated carbocycles. The summed E-state index contributed by atoms with van der Waals surface area (Å²) in [5.74, 6) is 0.0886. The van der Waals surface area contributed by atoms with Crippen molar-refractivity contribution < 1.29 is 8.78 Å². The highest BCUT2D eigenvalue weighted by Crippen LogP contribution is 2.29. The zero-order valence-corrected chi connectivity index (χ0v) is 13.9. The molecular formula is C18H27F2N3. The molecule has 3 rings (SSSR count). The third kappa shape index (κ3) is 4.28. The van der Waals surface area contributed by atoms with Gasteiger partial charge in [0, 0.05) is 38.3 Å². The number of rotatable bonds is 4. The van der Waals surface area contributed by atoms with Crippen LogP contribution in [-0.4, -0.2) is 55.6 Å². The summed E-state index contributed by atoms with van der Waals surface area (Å²) in [6.07, 6.45) is 2.27. The lowest BCUT2D eigenvalue weighted by atomic mass is 9.95. The van der Waals surface area contributed by atoms with E-state index in [0.29, 0.717) is 5.56 Å². The van der Waals surface area contributed by atoms with Crippen molar-refractivity contribution in [1.82, 2.24) is 15.1 Å². The fraction of sp³-hybridized carbons (Fsp3) is 0.667. The first-order valence-corrected chi connectivity index (χ1v) is 8.75. The monoisotopic (exact) mass is 323 g/mol. The molecule has 0 spiro atoms. The van der Waals surface area contributed by atoms with Crippen LogP contribution in [0.25, 0.3) is 0 Å². The van der Waals surface area contributed by atoms with E-state index in [9.17, 15) is 8.78 Å². The zero-order chi connectivity index (χ0) is 16.2. The topological polar surface area (TPSA) is 18.5 Å². The predicted octanol–water partition coefficient (Wildman–Crippen LogP) is 2.64. The highest BCUT2D eigenvalue weighted by atomic mass is 19.1. The first-order chi connectivity index (χ1) is 11.1. The van der Waals surface area contributed by atoms with Gasteiger partial charge in [0.15, 0.2) is 0 Å². The van der Waals surface area contributed by atoms with Gasteiger partial charge >= 0.3 is 0 Å². The predicted molar refractivity (Wildman–Crippen MR) is 88.4 cm³/mol. The molecule has 0 aromatic heterocycles. The molecule has 2 fully saturated rings. The van der Waals surface area contributed by atoms with Crippen LogP contribution in [0.4, 0.5) is 8.78 Å². The second-order valence-corrected chi connectivity index (χ2v) is 6.95. The molecule has 2 heterocycles. The Bertz CT molecular complexity index is 509. The van der Waals surface area contributed by atoms with Crippen LogP contribution in [0.1, 0.15) is 31.4 Å². The first kappa shape index (κ1) is 16.8. The van der Waals surface area contributed by atoms with Crippen LogP contribution in [0.5, 0.6) is 0 Å². The van der Waals surface area contributed by atoms with E-state index in [1.165, 1.54) is 18.2 Å². The molecule has 1 atom stereocenters. The summed E-state index contributed by atoms with van der Waals surface area (Å²) in [5, 5.41) is 3.34. The van der Waals surface area contributed by atoms with Gasteiger partial charge in [-0.05, 0) is 50.0 Å². The fourth-order valence-electron chi connectivity index (χ4n) is 3.66. The Morgan fingerprint density at radius 1 is 1.13 bits per heavy atom. The molecule has 0 amide bonds. The molecule has 1 unspecified atom stereocenters. The summed E-state index contributed by atoms with van der Waals surface area (Å²) in [6.45, 7) is 8.85. The highest BCUT2D eigenvalue weighted by molar-refractivity contribution is 5.23. The molecule has 5 heteroatoms. The van der Waals surface area contributed by atoms with Crippen LogP contribution < -0.4 is 5.32 Å². The Balaban J connectivity index is 1.81. The molecule has 0 aliphatic carbocycles. The van der Waals surface area contributed by atoms with Gasteiger partial charge in [-0.25, -0.2) is 8.78 Å². The lowest BCUT2D eigenvalue weighted by Crippen LogP contribution is -2.48. The molecule has 2 aliphatic heterocycles. The van der Waals surface area contributed by atoms with Gasteiger partial charge in [-0.15, -0.1) is 0 Å². The van der Waals surface area contributed by atoms with Crippen molar-refractivity contribution in [2.45, 2.75) is 25.8 Å². The summed E-state index contributed by atoms with van der Waals surface area (Å²) in [7, 11) is 0. The number of halogens is 2. The second kappa shape index (κ2) is 7.69. The number of hydrogen-bond acceptors (Lipinski definition) is 3. The summed E-state index contributed by atoms with van der Waals surface area (Å²) in [6, 6.07) is 3.80. The number of nitrogens with zero attached hydrogens (tertiary/aromatic N) is 2. The lowest BCUT2D eigenvalue weighted by Gasteiger charge is -2.40. The van der Waals surface area contributed by atoms with Crippen molar-refractivity contribution in [3.63, 3.8) is 0 Å². The zero-order valence-electron chi connectivity index (χ0n) is 13.9. The number of benzene rings is 1. The van der Waals surface area contributed by atoms with Gasteiger partial charge in [-0.1, -0.05) is 6.92 Å². The smallest absolute Gasteiger partial charge is 0.128 e. The van der Waals surface area contributed by atoms with Crippen molar-refractivity contribution >= 4 is 0 Å². The summed E-state index contributed by atoms with van der Waals surface area (Å²) >= 11 is 0. The first-order valence-electron chi connectivity index (χ1n) is 8.75. The molecule has 2 saturated heterocycles. The number of nitrogens with one attached hydrogen (secondary N) is 1. The molecule has 1 aromatic rings. The van der Waals surface area contributed by atoms with Crippen molar-refractivity contribution in [3.05, 3.63) is 35.4 Å². The van der Waals surface area contributed by atoms with E-state index in [1.807, 2.05) is 0 Å². The number of hydrogen-bond donors (Lipinski definition) is 1. The molecule has 2 aliphatic rings. The quantitative estimate of drug-likeness (QED) is 0.919. The number of likely N-dealkylation sites (tertiary alicyclic amines) is 1. The Labute approximate surface area is 137 Å². The SMILES string of the molecule is CC1CCN(C(CN2CCNCC2)c2cc(F)ccc2F)CC1.